The molecule has 11 heavy (non-hydrogen) atoms. The minimum Gasteiger partial charge on any atom is -0.0995 e. The van der Waals surface area contributed by atoms with Crippen LogP contribution in [0.2, 0.25) is 0 Å². The standard InChI is InChI=1S/C11H16/c1-8(2)11-6-5-9(3)10(4)7-11/h5,7,11H,1,6H2,2-4H3. The first-order valence-corrected chi connectivity index (χ1v) is 4.12. The van der Waals surface area contributed by atoms with E-state index in [0.717, 1.165) is 6.42 Å². The average Bonchev–Trinajstić information content (AvgIpc) is 1.94. The van der Waals surface area contributed by atoms with Crippen LogP contribution in [0.25, 0.3) is 0 Å². The molecule has 0 aromatic carbocycles. The third-order valence-corrected chi connectivity index (χ3v) is 2.38. The second-order valence-corrected chi connectivity index (χ2v) is 3.43. The Bertz CT molecular complexity index is 228. The minimum atomic E-state index is 0.582. The highest BCUT2D eigenvalue weighted by Gasteiger charge is 2.10. The van der Waals surface area contributed by atoms with Crippen LogP contribution in [-0.4, -0.2) is 0 Å². The van der Waals surface area contributed by atoms with Gasteiger partial charge in [-0.2, -0.15) is 0 Å². The average molecular weight is 148 g/mol. The van der Waals surface area contributed by atoms with E-state index < -0.39 is 0 Å². The van der Waals surface area contributed by atoms with Crippen molar-refractivity contribution in [1.82, 2.24) is 0 Å². The molecular formula is C11H16. The molecule has 0 heteroatoms. The fraction of sp³-hybridized carbons (Fsp3) is 0.455. The summed E-state index contributed by atoms with van der Waals surface area (Å²) in [7, 11) is 0. The molecule has 0 bridgehead atoms. The van der Waals surface area contributed by atoms with Gasteiger partial charge >= 0.3 is 0 Å². The van der Waals surface area contributed by atoms with E-state index in [1.54, 1.807) is 0 Å². The van der Waals surface area contributed by atoms with Gasteiger partial charge < -0.3 is 0 Å². The SMILES string of the molecule is C=C(C)C1C=C(C)C(C)=CC1. The second kappa shape index (κ2) is 3.08. The molecule has 0 spiro atoms. The first-order valence-electron chi connectivity index (χ1n) is 4.12. The van der Waals surface area contributed by atoms with Crippen LogP contribution in [-0.2, 0) is 0 Å². The quantitative estimate of drug-likeness (QED) is 0.499. The molecule has 1 aliphatic rings. The monoisotopic (exact) mass is 148 g/mol. The van der Waals surface area contributed by atoms with Crippen molar-refractivity contribution in [3.05, 3.63) is 35.5 Å². The molecule has 60 valence electrons. The number of hydrogen-bond acceptors (Lipinski definition) is 0. The van der Waals surface area contributed by atoms with Crippen LogP contribution in [0.3, 0.4) is 0 Å². The first kappa shape index (κ1) is 8.32. The lowest BCUT2D eigenvalue weighted by atomic mass is 9.88. The van der Waals surface area contributed by atoms with Crippen LogP contribution in [0, 0.1) is 5.92 Å². The molecule has 0 radical (unpaired) electrons. The van der Waals surface area contributed by atoms with E-state index in [9.17, 15) is 0 Å². The fourth-order valence-corrected chi connectivity index (χ4v) is 1.31. The molecule has 0 amide bonds. The molecule has 0 aromatic rings. The molecule has 0 aliphatic heterocycles. The highest BCUT2D eigenvalue weighted by Crippen LogP contribution is 2.26. The Morgan fingerprint density at radius 1 is 1.45 bits per heavy atom. The maximum Gasteiger partial charge on any atom is 0.00118 e. The van der Waals surface area contributed by atoms with Crippen LogP contribution in [0.1, 0.15) is 27.2 Å². The number of hydrogen-bond donors (Lipinski definition) is 0. The molecular weight excluding hydrogens is 132 g/mol. The summed E-state index contributed by atoms with van der Waals surface area (Å²) in [5, 5.41) is 0. The van der Waals surface area contributed by atoms with Gasteiger partial charge in [-0.05, 0) is 27.2 Å². The summed E-state index contributed by atoms with van der Waals surface area (Å²) in [4.78, 5) is 0. The summed E-state index contributed by atoms with van der Waals surface area (Å²) in [5.74, 6) is 0.582. The van der Waals surface area contributed by atoms with E-state index in [-0.39, 0.29) is 0 Å². The van der Waals surface area contributed by atoms with Crippen LogP contribution in [0.5, 0.6) is 0 Å². The van der Waals surface area contributed by atoms with Gasteiger partial charge in [0.05, 0.1) is 0 Å². The summed E-state index contributed by atoms with van der Waals surface area (Å²) >= 11 is 0. The highest BCUT2D eigenvalue weighted by atomic mass is 14.1. The van der Waals surface area contributed by atoms with Crippen molar-refractivity contribution < 1.29 is 0 Å². The van der Waals surface area contributed by atoms with Crippen molar-refractivity contribution in [3.8, 4) is 0 Å². The fourth-order valence-electron chi connectivity index (χ4n) is 1.31. The minimum absolute atomic E-state index is 0.582. The largest absolute Gasteiger partial charge is 0.0995 e. The van der Waals surface area contributed by atoms with Crippen molar-refractivity contribution in [2.24, 2.45) is 5.92 Å². The molecule has 0 saturated carbocycles. The van der Waals surface area contributed by atoms with Crippen LogP contribution >= 0.6 is 0 Å². The van der Waals surface area contributed by atoms with Crippen molar-refractivity contribution >= 4 is 0 Å². The molecule has 1 unspecified atom stereocenters. The zero-order valence-corrected chi connectivity index (χ0v) is 7.65. The zero-order chi connectivity index (χ0) is 8.43. The van der Waals surface area contributed by atoms with Gasteiger partial charge in [0, 0.05) is 5.92 Å². The number of allylic oxidation sites excluding steroid dienone is 5. The topological polar surface area (TPSA) is 0 Å². The molecule has 1 atom stereocenters. The second-order valence-electron chi connectivity index (χ2n) is 3.43. The van der Waals surface area contributed by atoms with E-state index in [4.69, 9.17) is 0 Å². The maximum absolute atomic E-state index is 3.96. The first-order chi connectivity index (χ1) is 5.11. The van der Waals surface area contributed by atoms with Gasteiger partial charge in [-0.25, -0.2) is 0 Å². The third kappa shape index (κ3) is 1.83. The Balaban J connectivity index is 2.77. The maximum atomic E-state index is 3.96. The molecule has 0 heterocycles. The van der Waals surface area contributed by atoms with Crippen LogP contribution in [0.15, 0.2) is 35.5 Å². The molecule has 1 aliphatic carbocycles. The molecule has 0 nitrogen and oxygen atoms in total. The normalized spacial score (nSPS) is 24.1. The summed E-state index contributed by atoms with van der Waals surface area (Å²) < 4.78 is 0. The van der Waals surface area contributed by atoms with Gasteiger partial charge in [-0.1, -0.05) is 35.5 Å². The molecule has 0 aromatic heterocycles. The number of rotatable bonds is 1. The van der Waals surface area contributed by atoms with Crippen LogP contribution < -0.4 is 0 Å². The Morgan fingerprint density at radius 2 is 2.09 bits per heavy atom. The lowest BCUT2D eigenvalue weighted by Crippen LogP contribution is -2.02. The van der Waals surface area contributed by atoms with Crippen molar-refractivity contribution in [3.63, 3.8) is 0 Å². The van der Waals surface area contributed by atoms with Crippen molar-refractivity contribution in [2.45, 2.75) is 27.2 Å². The lowest BCUT2D eigenvalue weighted by molar-refractivity contribution is 0.754. The van der Waals surface area contributed by atoms with Gasteiger partial charge in [0.2, 0.25) is 0 Å². The van der Waals surface area contributed by atoms with Gasteiger partial charge in [0.1, 0.15) is 0 Å². The summed E-state index contributed by atoms with van der Waals surface area (Å²) in [6.07, 6.45) is 5.75. The molecule has 0 N–H and O–H groups in total. The highest BCUT2D eigenvalue weighted by molar-refractivity contribution is 5.33. The Hall–Kier alpha value is -0.780. The molecule has 1 rings (SSSR count). The van der Waals surface area contributed by atoms with Gasteiger partial charge in [0.25, 0.3) is 0 Å². The van der Waals surface area contributed by atoms with Crippen LogP contribution in [0.4, 0.5) is 0 Å². The van der Waals surface area contributed by atoms with E-state index >= 15 is 0 Å². The Labute approximate surface area is 69.3 Å². The van der Waals surface area contributed by atoms with Gasteiger partial charge in [-0.3, -0.25) is 0 Å². The summed E-state index contributed by atoms with van der Waals surface area (Å²) in [6, 6.07) is 0. The molecule has 0 saturated heterocycles. The van der Waals surface area contributed by atoms with E-state index in [1.165, 1.54) is 16.7 Å². The van der Waals surface area contributed by atoms with Gasteiger partial charge in [0.15, 0.2) is 0 Å². The summed E-state index contributed by atoms with van der Waals surface area (Å²) in [5.41, 5.74) is 4.10. The van der Waals surface area contributed by atoms with Crippen molar-refractivity contribution in [1.29, 1.82) is 0 Å². The predicted octanol–water partition coefficient (Wildman–Crippen LogP) is 3.48. The van der Waals surface area contributed by atoms with Gasteiger partial charge in [-0.15, -0.1) is 0 Å². The van der Waals surface area contributed by atoms with E-state index in [1.807, 2.05) is 0 Å². The summed E-state index contributed by atoms with van der Waals surface area (Å²) in [6.45, 7) is 10.4. The van der Waals surface area contributed by atoms with E-state index in [2.05, 4.69) is 39.5 Å². The third-order valence-electron chi connectivity index (χ3n) is 2.38. The molecule has 0 fully saturated rings. The smallest absolute Gasteiger partial charge is 0.00118 e. The Kier molecular flexibility index (Phi) is 2.33. The van der Waals surface area contributed by atoms with Crippen molar-refractivity contribution in [2.75, 3.05) is 0 Å². The zero-order valence-electron chi connectivity index (χ0n) is 7.65. The lowest BCUT2D eigenvalue weighted by Gasteiger charge is -2.17. The Morgan fingerprint density at radius 3 is 2.55 bits per heavy atom. The predicted molar refractivity (Wildman–Crippen MR) is 50.4 cm³/mol. The van der Waals surface area contributed by atoms with E-state index in [0.29, 0.717) is 5.92 Å².